The zero-order valence-electron chi connectivity index (χ0n) is 15.6. The Balaban J connectivity index is 1.71. The van der Waals surface area contributed by atoms with Crippen LogP contribution in [0.15, 0.2) is 57.8 Å². The van der Waals surface area contributed by atoms with Gasteiger partial charge < -0.3 is 4.57 Å². The van der Waals surface area contributed by atoms with E-state index in [2.05, 4.69) is 20.9 Å². The highest BCUT2D eigenvalue weighted by Crippen LogP contribution is 2.25. The molecule has 5 rings (SSSR count). The summed E-state index contributed by atoms with van der Waals surface area (Å²) < 4.78 is 19.3. The number of hydrogen-bond acceptors (Lipinski definition) is 3. The molecule has 0 N–H and O–H groups in total. The molecule has 0 saturated carbocycles. The van der Waals surface area contributed by atoms with Crippen LogP contribution in [0.25, 0.3) is 27.8 Å². The summed E-state index contributed by atoms with van der Waals surface area (Å²) in [7, 11) is 0. The Morgan fingerprint density at radius 2 is 1.93 bits per heavy atom. The maximum atomic E-state index is 14.5. The molecule has 0 aliphatic heterocycles. The highest BCUT2D eigenvalue weighted by atomic mass is 79.9. The summed E-state index contributed by atoms with van der Waals surface area (Å²) in [6, 6.07) is 14.6. The van der Waals surface area contributed by atoms with Crippen LogP contribution in [0.4, 0.5) is 4.39 Å². The number of benzene rings is 2. The average molecular weight is 468 g/mol. The van der Waals surface area contributed by atoms with Crippen LogP contribution < -0.4 is 10.1 Å². The summed E-state index contributed by atoms with van der Waals surface area (Å²) in [5.74, 6) is -0.307. The lowest BCUT2D eigenvalue weighted by Crippen LogP contribution is -2.22. The summed E-state index contributed by atoms with van der Waals surface area (Å²) in [4.78, 5) is 18.2. The normalized spacial score (nSPS) is 12.5. The van der Waals surface area contributed by atoms with E-state index in [1.54, 1.807) is 10.5 Å². The van der Waals surface area contributed by atoms with E-state index < -0.39 is 0 Å². The molecule has 0 amide bonds. The molecule has 3 aromatic heterocycles. The summed E-state index contributed by atoms with van der Waals surface area (Å²) in [5.41, 5.74) is 4.68. The summed E-state index contributed by atoms with van der Waals surface area (Å²) in [6.45, 7) is 3.86. The number of para-hydroxylation sites is 2. The van der Waals surface area contributed by atoms with Crippen molar-refractivity contribution in [2.75, 3.05) is 0 Å². The second kappa shape index (κ2) is 6.64. The number of fused-ring (bicyclic) bond motifs is 3. The third kappa shape index (κ3) is 2.84. The van der Waals surface area contributed by atoms with Crippen molar-refractivity contribution in [1.29, 1.82) is 0 Å². The minimum atomic E-state index is -0.307. The number of aromatic nitrogens is 3. The first-order valence-corrected chi connectivity index (χ1v) is 10.6. The van der Waals surface area contributed by atoms with E-state index in [1.807, 2.05) is 60.9 Å². The lowest BCUT2D eigenvalue weighted by atomic mass is 10.2. The van der Waals surface area contributed by atoms with Crippen molar-refractivity contribution in [3.8, 4) is 5.69 Å². The van der Waals surface area contributed by atoms with Gasteiger partial charge in [-0.25, -0.2) is 13.8 Å². The van der Waals surface area contributed by atoms with Crippen molar-refractivity contribution in [3.05, 3.63) is 90.7 Å². The van der Waals surface area contributed by atoms with Crippen LogP contribution in [-0.4, -0.2) is 14.0 Å². The van der Waals surface area contributed by atoms with Crippen LogP contribution in [0.2, 0.25) is 0 Å². The predicted molar refractivity (Wildman–Crippen MR) is 119 cm³/mol. The number of imidazole rings is 1. The second-order valence-electron chi connectivity index (χ2n) is 6.89. The summed E-state index contributed by atoms with van der Waals surface area (Å²) in [6.07, 6.45) is 1.87. The fraction of sp³-hybridized carbons (Fsp3) is 0.0909. The zero-order valence-corrected chi connectivity index (χ0v) is 18.0. The first kappa shape index (κ1) is 18.3. The van der Waals surface area contributed by atoms with Gasteiger partial charge in [0.2, 0.25) is 0 Å². The van der Waals surface area contributed by atoms with Gasteiger partial charge in [0.15, 0.2) is 4.96 Å². The van der Waals surface area contributed by atoms with Gasteiger partial charge >= 0.3 is 0 Å². The number of nitrogens with zero attached hydrogens (tertiary/aromatic N) is 3. The van der Waals surface area contributed by atoms with Gasteiger partial charge in [0.25, 0.3) is 5.56 Å². The Bertz CT molecular complexity index is 1530. The summed E-state index contributed by atoms with van der Waals surface area (Å²) in [5, 5.41) is 0. The van der Waals surface area contributed by atoms with E-state index in [-0.39, 0.29) is 11.4 Å². The molecule has 0 radical (unpaired) electrons. The van der Waals surface area contributed by atoms with Crippen LogP contribution in [0.1, 0.15) is 17.0 Å². The molecule has 4 nitrogen and oxygen atoms in total. The Kier molecular flexibility index (Phi) is 4.18. The van der Waals surface area contributed by atoms with Crippen molar-refractivity contribution in [3.63, 3.8) is 0 Å². The number of hydrogen-bond donors (Lipinski definition) is 0. The number of thiazole rings is 1. The molecular weight excluding hydrogens is 453 g/mol. The molecule has 144 valence electrons. The summed E-state index contributed by atoms with van der Waals surface area (Å²) >= 11 is 4.66. The van der Waals surface area contributed by atoms with E-state index in [1.165, 1.54) is 17.4 Å². The average Bonchev–Trinajstić information content (AvgIpc) is 3.28. The molecule has 0 spiro atoms. The molecule has 0 saturated heterocycles. The monoisotopic (exact) mass is 467 g/mol. The lowest BCUT2D eigenvalue weighted by Gasteiger charge is -2.11. The van der Waals surface area contributed by atoms with E-state index in [4.69, 9.17) is 0 Å². The standard InChI is InChI=1S/C22H15BrFN3OS/c1-12-9-14(13(2)26(12)18-8-7-15(23)11-16(18)24)10-20-21(28)27-19-6-4-3-5-17(19)25-22(27)29-20/h3-11H,1-2H3/b20-10-. The Labute approximate surface area is 177 Å². The maximum Gasteiger partial charge on any atom is 0.274 e. The zero-order chi connectivity index (χ0) is 20.3. The first-order chi connectivity index (χ1) is 13.9. The van der Waals surface area contributed by atoms with Crippen molar-refractivity contribution in [2.24, 2.45) is 0 Å². The molecule has 3 heterocycles. The third-order valence-corrected chi connectivity index (χ3v) is 6.51. The molecular formula is C22H15BrFN3OS. The fourth-order valence-electron chi connectivity index (χ4n) is 3.72. The highest BCUT2D eigenvalue weighted by Gasteiger charge is 2.15. The number of aryl methyl sites for hydroxylation is 1. The second-order valence-corrected chi connectivity index (χ2v) is 8.82. The minimum Gasteiger partial charge on any atom is -0.315 e. The van der Waals surface area contributed by atoms with Crippen molar-refractivity contribution < 1.29 is 4.39 Å². The van der Waals surface area contributed by atoms with Gasteiger partial charge in [-0.2, -0.15) is 0 Å². The van der Waals surface area contributed by atoms with Crippen molar-refractivity contribution in [2.45, 2.75) is 13.8 Å². The van der Waals surface area contributed by atoms with Crippen molar-refractivity contribution in [1.82, 2.24) is 14.0 Å². The topological polar surface area (TPSA) is 39.3 Å². The molecule has 0 aliphatic carbocycles. The largest absolute Gasteiger partial charge is 0.315 e. The van der Waals surface area contributed by atoms with Crippen LogP contribution in [-0.2, 0) is 0 Å². The SMILES string of the molecule is Cc1cc(/C=c2\sc3nc4ccccc4n3c2=O)c(C)n1-c1ccc(Br)cc1F. The Morgan fingerprint density at radius 3 is 2.72 bits per heavy atom. The van der Waals surface area contributed by atoms with E-state index in [9.17, 15) is 9.18 Å². The van der Waals surface area contributed by atoms with Crippen LogP contribution in [0.5, 0.6) is 0 Å². The van der Waals surface area contributed by atoms with Crippen LogP contribution in [0.3, 0.4) is 0 Å². The quantitative estimate of drug-likeness (QED) is 0.375. The first-order valence-electron chi connectivity index (χ1n) is 9.00. The molecule has 5 aromatic rings. The highest BCUT2D eigenvalue weighted by molar-refractivity contribution is 9.10. The molecule has 0 fully saturated rings. The van der Waals surface area contributed by atoms with Gasteiger partial charge in [-0.15, -0.1) is 0 Å². The van der Waals surface area contributed by atoms with Crippen molar-refractivity contribution >= 4 is 49.3 Å². The Hall–Kier alpha value is -2.77. The number of rotatable bonds is 2. The maximum absolute atomic E-state index is 14.5. The molecule has 0 unspecified atom stereocenters. The molecule has 7 heteroatoms. The van der Waals surface area contributed by atoms with E-state index in [0.29, 0.717) is 19.7 Å². The predicted octanol–water partition coefficient (Wildman–Crippen LogP) is 4.77. The Morgan fingerprint density at radius 1 is 1.14 bits per heavy atom. The smallest absolute Gasteiger partial charge is 0.274 e. The van der Waals surface area contributed by atoms with Gasteiger partial charge in [0.1, 0.15) is 5.82 Å². The fourth-order valence-corrected chi connectivity index (χ4v) is 5.03. The third-order valence-electron chi connectivity index (χ3n) is 5.05. The molecule has 0 aliphatic rings. The number of halogens is 2. The molecule has 2 aromatic carbocycles. The lowest BCUT2D eigenvalue weighted by molar-refractivity contribution is 0.615. The van der Waals surface area contributed by atoms with Crippen LogP contribution >= 0.6 is 27.3 Å². The van der Waals surface area contributed by atoms with Gasteiger partial charge in [-0.3, -0.25) is 4.79 Å². The molecule has 0 atom stereocenters. The van der Waals surface area contributed by atoms with Gasteiger partial charge in [-0.05, 0) is 61.9 Å². The van der Waals surface area contributed by atoms with Gasteiger partial charge in [0, 0.05) is 15.9 Å². The van der Waals surface area contributed by atoms with E-state index >= 15 is 0 Å². The van der Waals surface area contributed by atoms with Gasteiger partial charge in [-0.1, -0.05) is 39.4 Å². The van der Waals surface area contributed by atoms with Gasteiger partial charge in [0.05, 0.1) is 21.3 Å². The molecule has 29 heavy (non-hydrogen) atoms. The molecule has 0 bridgehead atoms. The van der Waals surface area contributed by atoms with E-state index in [0.717, 1.165) is 28.0 Å². The minimum absolute atomic E-state index is 0.0849. The van der Waals surface area contributed by atoms with Crippen LogP contribution in [0, 0.1) is 19.7 Å².